The molecule has 3 aromatic heterocycles. The van der Waals surface area contributed by atoms with Crippen LogP contribution in [0.1, 0.15) is 0 Å². The number of aromatic nitrogens is 5. The van der Waals surface area contributed by atoms with Crippen molar-refractivity contribution in [3.63, 3.8) is 0 Å². The molecular weight excluding hydrogens is 771 g/mol. The third-order valence-electron chi connectivity index (χ3n) is 11.7. The minimum absolute atomic E-state index is 0.606. The highest BCUT2D eigenvalue weighted by atomic mass is 16.3. The van der Waals surface area contributed by atoms with Gasteiger partial charge < -0.3 is 4.42 Å². The van der Waals surface area contributed by atoms with E-state index < -0.39 is 0 Å². The Bertz CT molecular complexity index is 3620. The van der Waals surface area contributed by atoms with Crippen molar-refractivity contribution in [2.24, 2.45) is 0 Å². The van der Waals surface area contributed by atoms with E-state index in [1.807, 2.05) is 78.9 Å². The number of furan rings is 1. The van der Waals surface area contributed by atoms with Crippen LogP contribution in [-0.2, 0) is 0 Å². The van der Waals surface area contributed by atoms with Gasteiger partial charge in [-0.3, -0.25) is 0 Å². The van der Waals surface area contributed by atoms with Gasteiger partial charge in [-0.1, -0.05) is 182 Å². The summed E-state index contributed by atoms with van der Waals surface area (Å²) in [4.78, 5) is 25.4. The van der Waals surface area contributed by atoms with Crippen LogP contribution in [0, 0.1) is 0 Å². The molecule has 0 spiro atoms. The van der Waals surface area contributed by atoms with E-state index in [2.05, 4.69) is 133 Å². The van der Waals surface area contributed by atoms with E-state index >= 15 is 0 Å². The zero-order valence-electron chi connectivity index (χ0n) is 33.9. The van der Waals surface area contributed by atoms with Gasteiger partial charge in [-0.2, -0.15) is 0 Å². The van der Waals surface area contributed by atoms with Crippen LogP contribution in [0.15, 0.2) is 217 Å². The van der Waals surface area contributed by atoms with Crippen molar-refractivity contribution in [1.82, 2.24) is 24.9 Å². The summed E-state index contributed by atoms with van der Waals surface area (Å²) in [5.74, 6) is 2.49. The van der Waals surface area contributed by atoms with Gasteiger partial charge in [-0.15, -0.1) is 0 Å². The zero-order valence-corrected chi connectivity index (χ0v) is 33.9. The second-order valence-electron chi connectivity index (χ2n) is 15.6. The predicted molar refractivity (Wildman–Crippen MR) is 256 cm³/mol. The van der Waals surface area contributed by atoms with Crippen molar-refractivity contribution in [2.45, 2.75) is 0 Å². The summed E-state index contributed by atoms with van der Waals surface area (Å²) in [6, 6.07) is 72.8. The lowest BCUT2D eigenvalue weighted by Crippen LogP contribution is -2.00. The molecular formula is C57H35N5O. The van der Waals surface area contributed by atoms with Gasteiger partial charge in [0.25, 0.3) is 0 Å². The third kappa shape index (κ3) is 6.58. The molecule has 0 amide bonds. The Morgan fingerprint density at radius 1 is 0.286 bits per heavy atom. The molecule has 0 aliphatic carbocycles. The molecule has 12 rings (SSSR count). The van der Waals surface area contributed by atoms with Crippen LogP contribution in [0.25, 0.3) is 123 Å². The van der Waals surface area contributed by atoms with Crippen LogP contribution >= 0.6 is 0 Å². The van der Waals surface area contributed by atoms with Crippen molar-refractivity contribution in [1.29, 1.82) is 0 Å². The number of nitrogens with zero attached hydrogens (tertiary/aromatic N) is 5. The van der Waals surface area contributed by atoms with E-state index in [1.54, 1.807) is 0 Å². The van der Waals surface area contributed by atoms with E-state index in [0.29, 0.717) is 23.3 Å². The molecule has 294 valence electrons. The molecule has 12 aromatic rings. The van der Waals surface area contributed by atoms with Crippen molar-refractivity contribution < 1.29 is 4.42 Å². The predicted octanol–water partition coefficient (Wildman–Crippen LogP) is 14.5. The largest absolute Gasteiger partial charge is 0.455 e. The Morgan fingerprint density at radius 3 is 1.38 bits per heavy atom. The number of hydrogen-bond acceptors (Lipinski definition) is 6. The maximum atomic E-state index is 6.86. The molecule has 0 radical (unpaired) electrons. The standard InChI is InChI=1S/C57H35N5O/c1-4-17-37(18-5-1)54-58-48(35-49(59-54)47-34-42-23-11-13-29-46(42)52-51-45-28-12-10-16-36(45)30-31-50(51)63-53(47)52)43-26-14-24-40(32-43)41-25-15-27-44(33-41)57-61-55(38-19-6-2-7-20-38)60-56(62-57)39-21-8-3-9-22-39/h1-35H. The molecule has 0 saturated heterocycles. The average Bonchev–Trinajstić information content (AvgIpc) is 3.78. The highest BCUT2D eigenvalue weighted by Crippen LogP contribution is 2.44. The monoisotopic (exact) mass is 805 g/mol. The molecule has 0 atom stereocenters. The molecule has 9 aromatic carbocycles. The zero-order chi connectivity index (χ0) is 41.7. The first-order valence-corrected chi connectivity index (χ1v) is 21.0. The van der Waals surface area contributed by atoms with Crippen molar-refractivity contribution in [3.05, 3.63) is 212 Å². The SMILES string of the molecule is c1ccc(-c2nc(-c3cccc(-c4cccc(-c5nc(-c6ccccc6)nc(-c6ccccc6)n5)c4)c3)cc(-c3cc4ccccc4c4c3oc3ccc5ccccc5c34)n2)cc1. The number of rotatable bonds is 7. The third-order valence-corrected chi connectivity index (χ3v) is 11.7. The lowest BCUT2D eigenvalue weighted by atomic mass is 9.95. The van der Waals surface area contributed by atoms with E-state index in [0.717, 1.165) is 94.0 Å². The van der Waals surface area contributed by atoms with Gasteiger partial charge >= 0.3 is 0 Å². The molecule has 0 fully saturated rings. The van der Waals surface area contributed by atoms with Gasteiger partial charge in [0.05, 0.1) is 11.4 Å². The Kier molecular flexibility index (Phi) is 8.71. The molecule has 3 heterocycles. The quantitative estimate of drug-likeness (QED) is 0.160. The first-order valence-electron chi connectivity index (χ1n) is 21.0. The number of hydrogen-bond donors (Lipinski definition) is 0. The summed E-state index contributed by atoms with van der Waals surface area (Å²) in [7, 11) is 0. The summed E-state index contributed by atoms with van der Waals surface area (Å²) in [6.07, 6.45) is 0. The fourth-order valence-electron chi connectivity index (χ4n) is 8.66. The van der Waals surface area contributed by atoms with Crippen molar-refractivity contribution >= 4 is 43.5 Å². The molecule has 0 bridgehead atoms. The first kappa shape index (κ1) is 36.3. The molecule has 0 unspecified atom stereocenters. The Morgan fingerprint density at radius 2 is 0.746 bits per heavy atom. The molecule has 0 aliphatic rings. The van der Waals surface area contributed by atoms with E-state index in [9.17, 15) is 0 Å². The van der Waals surface area contributed by atoms with Gasteiger partial charge in [0.2, 0.25) is 0 Å². The fourth-order valence-corrected chi connectivity index (χ4v) is 8.66. The smallest absolute Gasteiger partial charge is 0.164 e. The summed E-state index contributed by atoms with van der Waals surface area (Å²) in [5, 5.41) is 6.79. The lowest BCUT2D eigenvalue weighted by molar-refractivity contribution is 0.670. The molecule has 0 aliphatic heterocycles. The van der Waals surface area contributed by atoms with Gasteiger partial charge in [0.15, 0.2) is 23.3 Å². The lowest BCUT2D eigenvalue weighted by Gasteiger charge is -2.12. The maximum absolute atomic E-state index is 6.86. The van der Waals surface area contributed by atoms with Gasteiger partial charge in [0.1, 0.15) is 11.2 Å². The van der Waals surface area contributed by atoms with Crippen LogP contribution in [0.4, 0.5) is 0 Å². The van der Waals surface area contributed by atoms with E-state index in [1.165, 1.54) is 5.39 Å². The molecule has 63 heavy (non-hydrogen) atoms. The number of fused-ring (bicyclic) bond motifs is 7. The normalized spacial score (nSPS) is 11.5. The maximum Gasteiger partial charge on any atom is 0.164 e. The first-order chi connectivity index (χ1) is 31.2. The minimum atomic E-state index is 0.606. The second-order valence-corrected chi connectivity index (χ2v) is 15.6. The van der Waals surface area contributed by atoms with E-state index in [4.69, 9.17) is 29.3 Å². The fraction of sp³-hybridized carbons (Fsp3) is 0. The molecule has 0 saturated carbocycles. The van der Waals surface area contributed by atoms with Crippen LogP contribution in [0.2, 0.25) is 0 Å². The summed E-state index contributed by atoms with van der Waals surface area (Å²) in [6.45, 7) is 0. The molecule has 0 N–H and O–H groups in total. The minimum Gasteiger partial charge on any atom is -0.455 e. The molecule has 6 nitrogen and oxygen atoms in total. The Balaban J connectivity index is 1.01. The van der Waals surface area contributed by atoms with Gasteiger partial charge in [-0.25, -0.2) is 24.9 Å². The topological polar surface area (TPSA) is 77.6 Å². The Hall–Kier alpha value is -8.61. The van der Waals surface area contributed by atoms with Crippen molar-refractivity contribution in [2.75, 3.05) is 0 Å². The summed E-state index contributed by atoms with van der Waals surface area (Å²) >= 11 is 0. The summed E-state index contributed by atoms with van der Waals surface area (Å²) in [5.41, 5.74) is 10.9. The Labute approximate surface area is 362 Å². The van der Waals surface area contributed by atoms with Gasteiger partial charge in [-0.05, 0) is 63.0 Å². The average molecular weight is 806 g/mol. The second kappa shape index (κ2) is 15.1. The van der Waals surface area contributed by atoms with Gasteiger partial charge in [0, 0.05) is 44.2 Å². The van der Waals surface area contributed by atoms with E-state index in [-0.39, 0.29) is 0 Å². The van der Waals surface area contributed by atoms with Crippen molar-refractivity contribution in [3.8, 4) is 79.2 Å². The number of benzene rings is 9. The van der Waals surface area contributed by atoms with Crippen LogP contribution in [0.5, 0.6) is 0 Å². The highest BCUT2D eigenvalue weighted by Gasteiger charge is 2.21. The highest BCUT2D eigenvalue weighted by molar-refractivity contribution is 6.28. The summed E-state index contributed by atoms with van der Waals surface area (Å²) < 4.78 is 6.86. The van der Waals surface area contributed by atoms with Crippen LogP contribution < -0.4 is 0 Å². The van der Waals surface area contributed by atoms with Crippen LogP contribution in [-0.4, -0.2) is 24.9 Å². The van der Waals surface area contributed by atoms with Crippen LogP contribution in [0.3, 0.4) is 0 Å². The molecule has 6 heteroatoms.